The number of aromatic nitrogens is 2. The second-order valence-corrected chi connectivity index (χ2v) is 7.10. The summed E-state index contributed by atoms with van der Waals surface area (Å²) in [6.07, 6.45) is 2.87. The Bertz CT molecular complexity index is 1050. The molecule has 5 rings (SSSR count). The summed E-state index contributed by atoms with van der Waals surface area (Å²) in [6, 6.07) is 14.1. The maximum Gasteiger partial charge on any atom is 0.230 e. The minimum absolute atomic E-state index is 0.0988. The molecule has 3 unspecified atom stereocenters. The van der Waals surface area contributed by atoms with Gasteiger partial charge in [-0.05, 0) is 22.8 Å². The molecule has 130 valence electrons. The smallest absolute Gasteiger partial charge is 0.230 e. The van der Waals surface area contributed by atoms with Crippen LogP contribution < -0.4 is 11.1 Å². The zero-order chi connectivity index (χ0) is 17.8. The van der Waals surface area contributed by atoms with E-state index in [1.165, 1.54) is 0 Å². The zero-order valence-electron chi connectivity index (χ0n) is 14.1. The van der Waals surface area contributed by atoms with Gasteiger partial charge in [-0.2, -0.15) is 0 Å². The minimum atomic E-state index is -0.257. The molecule has 2 amide bonds. The summed E-state index contributed by atoms with van der Waals surface area (Å²) in [4.78, 5) is 28.4. The van der Waals surface area contributed by atoms with E-state index in [0.717, 1.165) is 28.6 Å². The second-order valence-electron chi connectivity index (χ2n) is 7.10. The van der Waals surface area contributed by atoms with Gasteiger partial charge in [0.05, 0.1) is 18.4 Å². The summed E-state index contributed by atoms with van der Waals surface area (Å²) in [5.41, 5.74) is 6.41. The molecule has 2 aromatic carbocycles. The van der Waals surface area contributed by atoms with Gasteiger partial charge in [0.25, 0.3) is 0 Å². The summed E-state index contributed by atoms with van der Waals surface area (Å²) in [5, 5.41) is 5.09. The molecule has 6 heteroatoms. The molecule has 0 spiro atoms. The highest BCUT2D eigenvalue weighted by molar-refractivity contribution is 5.95. The molecule has 2 aliphatic rings. The topological polar surface area (TPSA) is 90.0 Å². The Balaban J connectivity index is 1.32. The number of hydrogen-bond donors (Lipinski definition) is 2. The molecule has 3 aromatic rings. The van der Waals surface area contributed by atoms with Crippen LogP contribution in [0, 0.1) is 5.92 Å². The number of primary amides is 1. The molecule has 0 radical (unpaired) electrons. The molecule has 0 bridgehead atoms. The molecule has 1 aliphatic heterocycles. The van der Waals surface area contributed by atoms with Crippen molar-refractivity contribution in [2.45, 2.75) is 24.8 Å². The maximum absolute atomic E-state index is 12.5. The van der Waals surface area contributed by atoms with Gasteiger partial charge in [-0.15, -0.1) is 0 Å². The first kappa shape index (κ1) is 15.1. The van der Waals surface area contributed by atoms with Crippen LogP contribution in [0.2, 0.25) is 0 Å². The Morgan fingerprint density at radius 1 is 1.19 bits per heavy atom. The SMILES string of the molecule is NC(=O)C1CC2c3nc(NC(=O)Cc4cccc5ccccc45)cn3C12. The van der Waals surface area contributed by atoms with E-state index >= 15 is 0 Å². The van der Waals surface area contributed by atoms with Crippen LogP contribution in [-0.2, 0) is 16.0 Å². The van der Waals surface area contributed by atoms with Crippen LogP contribution in [0.3, 0.4) is 0 Å². The first-order valence-electron chi connectivity index (χ1n) is 8.76. The number of nitrogens with zero attached hydrogens (tertiary/aromatic N) is 2. The molecular weight excluding hydrogens is 328 g/mol. The lowest BCUT2D eigenvalue weighted by molar-refractivity contribution is -0.129. The first-order chi connectivity index (χ1) is 12.6. The number of carbonyl (C=O) groups excluding carboxylic acids is 2. The van der Waals surface area contributed by atoms with Crippen LogP contribution >= 0.6 is 0 Å². The number of anilines is 1. The van der Waals surface area contributed by atoms with Crippen molar-refractivity contribution in [2.24, 2.45) is 11.7 Å². The molecule has 2 heterocycles. The highest BCUT2D eigenvalue weighted by atomic mass is 16.2. The van der Waals surface area contributed by atoms with E-state index in [0.29, 0.717) is 18.2 Å². The lowest BCUT2D eigenvalue weighted by atomic mass is 9.64. The number of rotatable bonds is 4. The summed E-state index contributed by atoms with van der Waals surface area (Å²) >= 11 is 0. The first-order valence-corrected chi connectivity index (χ1v) is 8.76. The molecule has 1 aliphatic carbocycles. The van der Waals surface area contributed by atoms with Gasteiger partial charge >= 0.3 is 0 Å². The number of nitrogens with one attached hydrogen (secondary N) is 1. The van der Waals surface area contributed by atoms with E-state index in [9.17, 15) is 9.59 Å². The van der Waals surface area contributed by atoms with Gasteiger partial charge in [0.15, 0.2) is 5.82 Å². The van der Waals surface area contributed by atoms with Crippen molar-refractivity contribution in [1.82, 2.24) is 9.55 Å². The monoisotopic (exact) mass is 346 g/mol. The van der Waals surface area contributed by atoms with Crippen LogP contribution in [0.25, 0.3) is 10.8 Å². The number of carbonyl (C=O) groups is 2. The van der Waals surface area contributed by atoms with Gasteiger partial charge in [0.2, 0.25) is 11.8 Å². The number of benzene rings is 2. The fourth-order valence-electron chi connectivity index (χ4n) is 4.27. The molecule has 1 saturated carbocycles. The van der Waals surface area contributed by atoms with Crippen molar-refractivity contribution in [3.8, 4) is 0 Å². The summed E-state index contributed by atoms with van der Waals surface area (Å²) in [6.45, 7) is 0. The predicted molar refractivity (Wildman–Crippen MR) is 97.6 cm³/mol. The normalized spacial score (nSPS) is 22.7. The minimum Gasteiger partial charge on any atom is -0.369 e. The highest BCUT2D eigenvalue weighted by Crippen LogP contribution is 2.58. The van der Waals surface area contributed by atoms with Gasteiger partial charge < -0.3 is 15.6 Å². The van der Waals surface area contributed by atoms with Gasteiger partial charge in [-0.25, -0.2) is 4.98 Å². The highest BCUT2D eigenvalue weighted by Gasteiger charge is 2.55. The molecular formula is C20H18N4O2. The number of amides is 2. The molecule has 0 saturated heterocycles. The van der Waals surface area contributed by atoms with Crippen LogP contribution in [0.15, 0.2) is 48.7 Å². The van der Waals surface area contributed by atoms with Crippen LogP contribution in [0.4, 0.5) is 5.82 Å². The summed E-state index contributed by atoms with van der Waals surface area (Å²) < 4.78 is 1.97. The third-order valence-corrected chi connectivity index (χ3v) is 5.61. The van der Waals surface area contributed by atoms with E-state index < -0.39 is 0 Å². The number of fused-ring (bicyclic) bond motifs is 5. The summed E-state index contributed by atoms with van der Waals surface area (Å²) in [7, 11) is 0. The zero-order valence-corrected chi connectivity index (χ0v) is 14.1. The number of hydrogen-bond acceptors (Lipinski definition) is 3. The Labute approximate surface area is 150 Å². The van der Waals surface area contributed by atoms with E-state index in [2.05, 4.69) is 10.3 Å². The molecule has 26 heavy (non-hydrogen) atoms. The third-order valence-electron chi connectivity index (χ3n) is 5.61. The van der Waals surface area contributed by atoms with E-state index in [1.807, 2.05) is 53.2 Å². The average molecular weight is 346 g/mol. The fourth-order valence-corrected chi connectivity index (χ4v) is 4.27. The number of nitrogens with two attached hydrogens (primary N) is 1. The fraction of sp³-hybridized carbons (Fsp3) is 0.250. The van der Waals surface area contributed by atoms with Crippen molar-refractivity contribution in [1.29, 1.82) is 0 Å². The molecule has 6 nitrogen and oxygen atoms in total. The van der Waals surface area contributed by atoms with Gasteiger partial charge in [0, 0.05) is 12.1 Å². The Morgan fingerprint density at radius 2 is 2.00 bits per heavy atom. The second kappa shape index (κ2) is 5.42. The maximum atomic E-state index is 12.5. The average Bonchev–Trinajstić information content (AvgIpc) is 2.92. The van der Waals surface area contributed by atoms with Crippen LogP contribution in [-0.4, -0.2) is 21.4 Å². The lowest BCUT2D eigenvalue weighted by Gasteiger charge is -2.51. The van der Waals surface area contributed by atoms with Gasteiger partial charge in [-0.3, -0.25) is 9.59 Å². The number of imidazole rings is 1. The van der Waals surface area contributed by atoms with Crippen molar-refractivity contribution < 1.29 is 9.59 Å². The standard InChI is InChI=1S/C20H18N4O2/c21-19(26)14-9-15-18(14)24-10-16(23-20(15)24)22-17(25)8-12-6-3-5-11-4-1-2-7-13(11)12/h1-7,10,14-15,18H,8-9H2,(H2,21,26)(H,22,25). The van der Waals surface area contributed by atoms with Gasteiger partial charge in [0.1, 0.15) is 5.82 Å². The third kappa shape index (κ3) is 2.15. The lowest BCUT2D eigenvalue weighted by Crippen LogP contribution is -2.51. The van der Waals surface area contributed by atoms with Crippen molar-refractivity contribution in [2.75, 3.05) is 5.32 Å². The van der Waals surface area contributed by atoms with E-state index in [1.54, 1.807) is 0 Å². The predicted octanol–water partition coefficient (Wildman–Crippen LogP) is 2.36. The summed E-state index contributed by atoms with van der Waals surface area (Å²) in [5.74, 6) is 1.32. The molecule has 1 fully saturated rings. The van der Waals surface area contributed by atoms with Crippen LogP contribution in [0.1, 0.15) is 29.8 Å². The van der Waals surface area contributed by atoms with Gasteiger partial charge in [-0.1, -0.05) is 42.5 Å². The molecule has 3 atom stereocenters. The quantitative estimate of drug-likeness (QED) is 0.760. The van der Waals surface area contributed by atoms with Crippen LogP contribution in [0.5, 0.6) is 0 Å². The van der Waals surface area contributed by atoms with E-state index in [-0.39, 0.29) is 23.8 Å². The van der Waals surface area contributed by atoms with Crippen molar-refractivity contribution >= 4 is 28.4 Å². The molecule has 1 aromatic heterocycles. The van der Waals surface area contributed by atoms with Crippen molar-refractivity contribution in [3.63, 3.8) is 0 Å². The largest absolute Gasteiger partial charge is 0.369 e. The Morgan fingerprint density at radius 3 is 2.85 bits per heavy atom. The van der Waals surface area contributed by atoms with Crippen molar-refractivity contribution in [3.05, 3.63) is 60.0 Å². The molecule has 3 N–H and O–H groups in total. The Hall–Kier alpha value is -3.15. The van der Waals surface area contributed by atoms with E-state index in [4.69, 9.17) is 5.73 Å². The Kier molecular flexibility index (Phi) is 3.16.